The monoisotopic (exact) mass is 315 g/mol. The van der Waals surface area contributed by atoms with Gasteiger partial charge in [0.25, 0.3) is 0 Å². The van der Waals surface area contributed by atoms with Gasteiger partial charge in [0, 0.05) is 23.6 Å². The number of carbonyl (C=O) groups is 1. The number of pyridine rings is 1. The summed E-state index contributed by atoms with van der Waals surface area (Å²) in [6.07, 6.45) is 1.53. The van der Waals surface area contributed by atoms with Gasteiger partial charge >= 0.3 is 6.03 Å². The van der Waals surface area contributed by atoms with E-state index in [0.717, 1.165) is 5.69 Å². The fourth-order valence-electron chi connectivity index (χ4n) is 1.96. The summed E-state index contributed by atoms with van der Waals surface area (Å²) in [5.41, 5.74) is 2.50. The van der Waals surface area contributed by atoms with Gasteiger partial charge in [-0.3, -0.25) is 0 Å². The molecule has 3 N–H and O–H groups in total. The Kier molecular flexibility index (Phi) is 5.94. The van der Waals surface area contributed by atoms with Crippen molar-refractivity contribution in [1.29, 1.82) is 0 Å². The molecular formula is C17H21N3O3. The van der Waals surface area contributed by atoms with E-state index >= 15 is 0 Å². The van der Waals surface area contributed by atoms with E-state index in [0.29, 0.717) is 17.5 Å². The molecule has 1 heterocycles. The summed E-state index contributed by atoms with van der Waals surface area (Å²) in [4.78, 5) is 16.0. The van der Waals surface area contributed by atoms with E-state index in [2.05, 4.69) is 29.5 Å². The van der Waals surface area contributed by atoms with E-state index in [4.69, 9.17) is 9.84 Å². The lowest BCUT2D eigenvalue weighted by Gasteiger charge is -2.10. The van der Waals surface area contributed by atoms with Gasteiger partial charge in [0.15, 0.2) is 0 Å². The molecule has 0 atom stereocenters. The molecule has 2 amide bonds. The zero-order valence-corrected chi connectivity index (χ0v) is 13.2. The second kappa shape index (κ2) is 8.14. The lowest BCUT2D eigenvalue weighted by atomic mass is 10.0. The maximum Gasteiger partial charge on any atom is 0.323 e. The summed E-state index contributed by atoms with van der Waals surface area (Å²) in [5.74, 6) is 0.796. The summed E-state index contributed by atoms with van der Waals surface area (Å²) in [6, 6.07) is 10.6. The topological polar surface area (TPSA) is 83.5 Å². The summed E-state index contributed by atoms with van der Waals surface area (Å²) in [5, 5.41) is 14.2. The number of hydrogen-bond acceptors (Lipinski definition) is 4. The van der Waals surface area contributed by atoms with Crippen LogP contribution in [0.25, 0.3) is 0 Å². The van der Waals surface area contributed by atoms with Crippen LogP contribution in [0, 0.1) is 0 Å². The molecule has 0 fully saturated rings. The number of hydrogen-bond donors (Lipinski definition) is 3. The molecule has 0 radical (unpaired) electrons. The zero-order chi connectivity index (χ0) is 16.7. The molecule has 23 heavy (non-hydrogen) atoms. The lowest BCUT2D eigenvalue weighted by Crippen LogP contribution is -2.19. The highest BCUT2D eigenvalue weighted by Gasteiger charge is 2.05. The lowest BCUT2D eigenvalue weighted by molar-refractivity contribution is 0.197. The highest BCUT2D eigenvalue weighted by Crippen LogP contribution is 2.18. The molecule has 0 aliphatic rings. The largest absolute Gasteiger partial charge is 0.475 e. The van der Waals surface area contributed by atoms with Crippen molar-refractivity contribution >= 4 is 17.4 Å². The van der Waals surface area contributed by atoms with Crippen molar-refractivity contribution in [3.05, 3.63) is 48.2 Å². The first-order chi connectivity index (χ1) is 11.1. The van der Waals surface area contributed by atoms with Crippen LogP contribution in [0.1, 0.15) is 25.3 Å². The predicted octanol–water partition coefficient (Wildman–Crippen LogP) is 3.22. The average molecular weight is 315 g/mol. The summed E-state index contributed by atoms with van der Waals surface area (Å²) >= 11 is 0. The highest BCUT2D eigenvalue weighted by atomic mass is 16.5. The number of nitrogens with zero attached hydrogens (tertiary/aromatic N) is 1. The third-order valence-corrected chi connectivity index (χ3v) is 3.17. The van der Waals surface area contributed by atoms with Crippen LogP contribution in [0.2, 0.25) is 0 Å². The number of ether oxygens (including phenoxy) is 1. The minimum absolute atomic E-state index is 0.0911. The van der Waals surface area contributed by atoms with E-state index in [1.165, 1.54) is 11.8 Å². The normalized spacial score (nSPS) is 10.4. The minimum Gasteiger partial charge on any atom is -0.475 e. The summed E-state index contributed by atoms with van der Waals surface area (Å²) in [7, 11) is 0. The standard InChI is InChI=1S/C17H21N3O3/c1-12(2)13-3-5-14(6-4-13)19-17(22)20-15-7-8-18-16(11-15)23-10-9-21/h3-8,11-12,21H,9-10H2,1-2H3,(H2,18,19,20,22). The first kappa shape index (κ1) is 16.8. The van der Waals surface area contributed by atoms with Crippen molar-refractivity contribution in [2.75, 3.05) is 23.8 Å². The fraction of sp³-hybridized carbons (Fsp3) is 0.294. The molecule has 6 heteroatoms. The van der Waals surface area contributed by atoms with Crippen molar-refractivity contribution in [3.8, 4) is 5.88 Å². The van der Waals surface area contributed by atoms with Crippen LogP contribution in [-0.4, -0.2) is 29.3 Å². The van der Waals surface area contributed by atoms with Gasteiger partial charge in [0.2, 0.25) is 5.88 Å². The van der Waals surface area contributed by atoms with Crippen molar-refractivity contribution in [2.24, 2.45) is 0 Å². The van der Waals surface area contributed by atoms with Gasteiger partial charge in [-0.2, -0.15) is 0 Å². The van der Waals surface area contributed by atoms with Crippen LogP contribution in [0.5, 0.6) is 5.88 Å². The Morgan fingerprint density at radius 3 is 2.52 bits per heavy atom. The Bertz CT molecular complexity index is 642. The number of nitrogens with one attached hydrogen (secondary N) is 2. The van der Waals surface area contributed by atoms with E-state index in [1.54, 1.807) is 12.1 Å². The quantitative estimate of drug-likeness (QED) is 0.764. The highest BCUT2D eigenvalue weighted by molar-refractivity contribution is 5.99. The van der Waals surface area contributed by atoms with Crippen molar-refractivity contribution in [2.45, 2.75) is 19.8 Å². The SMILES string of the molecule is CC(C)c1ccc(NC(=O)Nc2ccnc(OCCO)c2)cc1. The average Bonchev–Trinajstić information content (AvgIpc) is 2.53. The molecule has 6 nitrogen and oxygen atoms in total. The summed E-state index contributed by atoms with van der Waals surface area (Å²) in [6.45, 7) is 4.31. The number of urea groups is 1. The van der Waals surface area contributed by atoms with E-state index < -0.39 is 0 Å². The number of amides is 2. The molecular weight excluding hydrogens is 294 g/mol. The molecule has 2 aromatic rings. The third-order valence-electron chi connectivity index (χ3n) is 3.17. The molecule has 1 aromatic heterocycles. The van der Waals surface area contributed by atoms with E-state index in [1.807, 2.05) is 24.3 Å². The number of aliphatic hydroxyl groups is 1. The van der Waals surface area contributed by atoms with Gasteiger partial charge in [0.05, 0.1) is 6.61 Å². The maximum atomic E-state index is 12.0. The Balaban J connectivity index is 1.93. The molecule has 0 aliphatic heterocycles. The Labute approximate surface area is 135 Å². The van der Waals surface area contributed by atoms with Crippen molar-refractivity contribution in [1.82, 2.24) is 4.98 Å². The van der Waals surface area contributed by atoms with E-state index in [-0.39, 0.29) is 19.2 Å². The molecule has 0 aliphatic carbocycles. The van der Waals surface area contributed by atoms with Crippen LogP contribution in [0.3, 0.4) is 0 Å². The van der Waals surface area contributed by atoms with Crippen LogP contribution in [0.15, 0.2) is 42.6 Å². The minimum atomic E-state index is -0.346. The second-order valence-electron chi connectivity index (χ2n) is 5.31. The Morgan fingerprint density at radius 2 is 1.87 bits per heavy atom. The van der Waals surface area contributed by atoms with Crippen LogP contribution in [0.4, 0.5) is 16.2 Å². The Morgan fingerprint density at radius 1 is 1.17 bits per heavy atom. The molecule has 1 aromatic carbocycles. The number of benzene rings is 1. The summed E-state index contributed by atoms with van der Waals surface area (Å²) < 4.78 is 5.20. The molecule has 0 bridgehead atoms. The number of carbonyl (C=O) groups excluding carboxylic acids is 1. The first-order valence-electron chi connectivity index (χ1n) is 7.46. The zero-order valence-electron chi connectivity index (χ0n) is 13.2. The second-order valence-corrected chi connectivity index (χ2v) is 5.31. The first-order valence-corrected chi connectivity index (χ1v) is 7.46. The van der Waals surface area contributed by atoms with Crippen LogP contribution >= 0.6 is 0 Å². The molecule has 0 unspecified atom stereocenters. The number of aliphatic hydroxyl groups excluding tert-OH is 1. The third kappa shape index (κ3) is 5.27. The molecule has 0 saturated heterocycles. The maximum absolute atomic E-state index is 12.0. The van der Waals surface area contributed by atoms with Gasteiger partial charge < -0.3 is 20.5 Å². The van der Waals surface area contributed by atoms with Gasteiger partial charge in [-0.25, -0.2) is 9.78 Å². The van der Waals surface area contributed by atoms with Gasteiger partial charge in [-0.05, 0) is 29.7 Å². The van der Waals surface area contributed by atoms with Crippen LogP contribution in [-0.2, 0) is 0 Å². The smallest absolute Gasteiger partial charge is 0.323 e. The Hall–Kier alpha value is -2.60. The molecule has 0 saturated carbocycles. The number of rotatable bonds is 6. The van der Waals surface area contributed by atoms with Gasteiger partial charge in [-0.15, -0.1) is 0 Å². The van der Waals surface area contributed by atoms with Gasteiger partial charge in [-0.1, -0.05) is 26.0 Å². The molecule has 0 spiro atoms. The van der Waals surface area contributed by atoms with E-state index in [9.17, 15) is 4.79 Å². The predicted molar refractivity (Wildman–Crippen MR) is 90.0 cm³/mol. The van der Waals surface area contributed by atoms with Crippen molar-refractivity contribution < 1.29 is 14.6 Å². The van der Waals surface area contributed by atoms with Crippen molar-refractivity contribution in [3.63, 3.8) is 0 Å². The van der Waals surface area contributed by atoms with Gasteiger partial charge in [0.1, 0.15) is 6.61 Å². The molecule has 2 rings (SSSR count). The fourth-order valence-corrected chi connectivity index (χ4v) is 1.96. The number of anilines is 2. The van der Waals surface area contributed by atoms with Crippen LogP contribution < -0.4 is 15.4 Å². The molecule has 122 valence electrons. The number of aromatic nitrogens is 1.